The molecule has 1 aromatic carbocycles. The van der Waals surface area contributed by atoms with Gasteiger partial charge in [-0.05, 0) is 36.8 Å². The molecular formula is C15H16N2O2. The zero-order valence-electron chi connectivity index (χ0n) is 11.0. The molecule has 0 spiro atoms. The van der Waals surface area contributed by atoms with Gasteiger partial charge in [0.2, 0.25) is 0 Å². The highest BCUT2D eigenvalue weighted by molar-refractivity contribution is 5.45. The number of nitrogens with zero attached hydrogens (tertiary/aromatic N) is 1. The van der Waals surface area contributed by atoms with Crippen molar-refractivity contribution < 1.29 is 9.15 Å². The Hall–Kier alpha value is -2.25. The number of nitrogens with one attached hydrogen (secondary N) is 1. The molecule has 0 bridgehead atoms. The molecule has 98 valence electrons. The minimum atomic E-state index is 0.136. The van der Waals surface area contributed by atoms with Crippen molar-refractivity contribution in [1.82, 2.24) is 5.32 Å². The van der Waals surface area contributed by atoms with E-state index in [1.165, 1.54) is 0 Å². The summed E-state index contributed by atoms with van der Waals surface area (Å²) >= 11 is 0. The summed E-state index contributed by atoms with van der Waals surface area (Å²) in [5, 5.41) is 12.3. The van der Waals surface area contributed by atoms with Crippen LogP contribution in [0.25, 0.3) is 0 Å². The van der Waals surface area contributed by atoms with E-state index in [4.69, 9.17) is 14.4 Å². The zero-order valence-corrected chi connectivity index (χ0v) is 11.0. The van der Waals surface area contributed by atoms with Crippen LogP contribution in [0.5, 0.6) is 5.75 Å². The second-order valence-corrected chi connectivity index (χ2v) is 4.26. The Morgan fingerprint density at radius 1 is 1.42 bits per heavy atom. The first-order chi connectivity index (χ1) is 9.24. The van der Waals surface area contributed by atoms with Gasteiger partial charge in [0.25, 0.3) is 0 Å². The third kappa shape index (κ3) is 3.15. The van der Waals surface area contributed by atoms with Crippen LogP contribution in [-0.2, 0) is 6.54 Å². The van der Waals surface area contributed by atoms with Crippen molar-refractivity contribution in [2.75, 3.05) is 7.11 Å². The summed E-state index contributed by atoms with van der Waals surface area (Å²) in [6, 6.07) is 11.6. The average molecular weight is 256 g/mol. The first-order valence-corrected chi connectivity index (χ1v) is 6.08. The average Bonchev–Trinajstić information content (AvgIpc) is 2.98. The van der Waals surface area contributed by atoms with Gasteiger partial charge in [0.15, 0.2) is 0 Å². The lowest BCUT2D eigenvalue weighted by molar-refractivity contribution is 0.411. The summed E-state index contributed by atoms with van der Waals surface area (Å²) in [5.74, 6) is 1.51. The van der Waals surface area contributed by atoms with Crippen molar-refractivity contribution in [2.24, 2.45) is 0 Å². The Labute approximate surface area is 112 Å². The van der Waals surface area contributed by atoms with Crippen molar-refractivity contribution in [1.29, 1.82) is 5.26 Å². The number of benzene rings is 1. The lowest BCUT2D eigenvalue weighted by Gasteiger charge is -2.12. The van der Waals surface area contributed by atoms with Crippen LogP contribution in [0.15, 0.2) is 41.0 Å². The van der Waals surface area contributed by atoms with Crippen LogP contribution >= 0.6 is 0 Å². The van der Waals surface area contributed by atoms with Crippen LogP contribution in [0, 0.1) is 11.3 Å². The number of rotatable bonds is 5. The molecule has 4 nitrogen and oxygen atoms in total. The molecule has 0 aliphatic rings. The highest BCUT2D eigenvalue weighted by atomic mass is 16.5. The van der Waals surface area contributed by atoms with Gasteiger partial charge >= 0.3 is 0 Å². The molecule has 1 atom stereocenters. The summed E-state index contributed by atoms with van der Waals surface area (Å²) in [6.45, 7) is 2.73. The summed E-state index contributed by atoms with van der Waals surface area (Å²) in [5.41, 5.74) is 1.61. The fourth-order valence-electron chi connectivity index (χ4n) is 1.85. The number of methoxy groups -OCH3 is 1. The Morgan fingerprint density at radius 3 is 2.89 bits per heavy atom. The quantitative estimate of drug-likeness (QED) is 0.893. The van der Waals surface area contributed by atoms with Gasteiger partial charge in [-0.25, -0.2) is 0 Å². The minimum Gasteiger partial charge on any atom is -0.495 e. The van der Waals surface area contributed by atoms with Crippen molar-refractivity contribution in [3.05, 3.63) is 53.5 Å². The number of ether oxygens (including phenoxy) is 1. The van der Waals surface area contributed by atoms with E-state index < -0.39 is 0 Å². The molecule has 2 aromatic rings. The third-order valence-corrected chi connectivity index (χ3v) is 2.97. The Bertz CT molecular complexity index is 570. The van der Waals surface area contributed by atoms with E-state index in [0.717, 1.165) is 11.3 Å². The SMILES string of the molecule is COc1cc(CN[C@H](C)c2ccco2)ccc1C#N. The molecule has 0 saturated carbocycles. The van der Waals surface area contributed by atoms with Crippen molar-refractivity contribution in [2.45, 2.75) is 19.5 Å². The molecule has 0 amide bonds. The molecule has 1 heterocycles. The predicted molar refractivity (Wildman–Crippen MR) is 71.7 cm³/mol. The van der Waals surface area contributed by atoms with Gasteiger partial charge in [0.1, 0.15) is 17.6 Å². The maximum atomic E-state index is 8.93. The fourth-order valence-corrected chi connectivity index (χ4v) is 1.85. The van der Waals surface area contributed by atoms with Crippen molar-refractivity contribution in [3.63, 3.8) is 0 Å². The van der Waals surface area contributed by atoms with E-state index in [0.29, 0.717) is 17.9 Å². The predicted octanol–water partition coefficient (Wildman–Crippen LogP) is 3.01. The molecule has 0 aliphatic heterocycles. The Kier molecular flexibility index (Phi) is 4.22. The van der Waals surface area contributed by atoms with E-state index >= 15 is 0 Å². The van der Waals surface area contributed by atoms with E-state index in [-0.39, 0.29) is 6.04 Å². The highest BCUT2D eigenvalue weighted by Gasteiger charge is 2.08. The van der Waals surface area contributed by atoms with Gasteiger partial charge in [0, 0.05) is 6.54 Å². The Balaban J connectivity index is 2.02. The van der Waals surface area contributed by atoms with E-state index in [1.54, 1.807) is 19.4 Å². The molecule has 19 heavy (non-hydrogen) atoms. The number of nitriles is 1. The summed E-state index contributed by atoms with van der Waals surface area (Å²) in [4.78, 5) is 0. The van der Waals surface area contributed by atoms with Crippen molar-refractivity contribution in [3.8, 4) is 11.8 Å². The lowest BCUT2D eigenvalue weighted by Crippen LogP contribution is -2.17. The maximum Gasteiger partial charge on any atom is 0.136 e. The largest absolute Gasteiger partial charge is 0.495 e. The normalized spacial score (nSPS) is 11.8. The number of furan rings is 1. The Morgan fingerprint density at radius 2 is 2.26 bits per heavy atom. The van der Waals surface area contributed by atoms with E-state index in [2.05, 4.69) is 11.4 Å². The van der Waals surface area contributed by atoms with Crippen LogP contribution < -0.4 is 10.1 Å². The standard InChI is InChI=1S/C15H16N2O2/c1-11(14-4-3-7-19-14)17-10-12-5-6-13(9-16)15(8-12)18-2/h3-8,11,17H,10H2,1-2H3/t11-/m1/s1. The van der Waals surface area contributed by atoms with Crippen LogP contribution in [0.3, 0.4) is 0 Å². The molecule has 1 aromatic heterocycles. The smallest absolute Gasteiger partial charge is 0.136 e. The summed E-state index contributed by atoms with van der Waals surface area (Å²) in [7, 11) is 1.57. The first kappa shape index (κ1) is 13.2. The van der Waals surface area contributed by atoms with Crippen LogP contribution in [0.2, 0.25) is 0 Å². The van der Waals surface area contributed by atoms with Gasteiger partial charge in [-0.3, -0.25) is 0 Å². The third-order valence-electron chi connectivity index (χ3n) is 2.97. The van der Waals surface area contributed by atoms with Gasteiger partial charge < -0.3 is 14.5 Å². The molecular weight excluding hydrogens is 240 g/mol. The molecule has 0 fully saturated rings. The van der Waals surface area contributed by atoms with Gasteiger partial charge in [-0.1, -0.05) is 6.07 Å². The lowest BCUT2D eigenvalue weighted by atomic mass is 10.1. The zero-order chi connectivity index (χ0) is 13.7. The second kappa shape index (κ2) is 6.07. The van der Waals surface area contributed by atoms with Crippen LogP contribution in [0.4, 0.5) is 0 Å². The van der Waals surface area contributed by atoms with E-state index in [1.807, 2.05) is 31.2 Å². The molecule has 0 unspecified atom stereocenters. The summed E-state index contributed by atoms with van der Waals surface area (Å²) in [6.07, 6.45) is 1.66. The first-order valence-electron chi connectivity index (χ1n) is 6.08. The molecule has 0 radical (unpaired) electrons. The maximum absolute atomic E-state index is 8.93. The monoisotopic (exact) mass is 256 g/mol. The molecule has 2 rings (SSSR count). The molecule has 4 heteroatoms. The van der Waals surface area contributed by atoms with Gasteiger partial charge in [0.05, 0.1) is 25.0 Å². The second-order valence-electron chi connectivity index (χ2n) is 4.26. The van der Waals surface area contributed by atoms with Gasteiger partial charge in [-0.15, -0.1) is 0 Å². The van der Waals surface area contributed by atoms with Crippen LogP contribution in [0.1, 0.15) is 29.9 Å². The number of hydrogen-bond acceptors (Lipinski definition) is 4. The van der Waals surface area contributed by atoms with E-state index in [9.17, 15) is 0 Å². The topological polar surface area (TPSA) is 58.2 Å². The van der Waals surface area contributed by atoms with Crippen molar-refractivity contribution >= 4 is 0 Å². The fraction of sp³-hybridized carbons (Fsp3) is 0.267. The van der Waals surface area contributed by atoms with Gasteiger partial charge in [-0.2, -0.15) is 5.26 Å². The molecule has 1 N–H and O–H groups in total. The molecule has 0 saturated heterocycles. The highest BCUT2D eigenvalue weighted by Crippen LogP contribution is 2.20. The van der Waals surface area contributed by atoms with Crippen LogP contribution in [-0.4, -0.2) is 7.11 Å². The number of hydrogen-bond donors (Lipinski definition) is 1. The minimum absolute atomic E-state index is 0.136. The molecule has 0 aliphatic carbocycles. The summed E-state index contributed by atoms with van der Waals surface area (Å²) < 4.78 is 10.5.